The Kier molecular flexibility index (Phi) is 5.44. The van der Waals surface area contributed by atoms with E-state index in [4.69, 9.17) is 4.74 Å². The van der Waals surface area contributed by atoms with Gasteiger partial charge in [-0.3, -0.25) is 9.48 Å². The summed E-state index contributed by atoms with van der Waals surface area (Å²) in [5, 5.41) is 6.21. The van der Waals surface area contributed by atoms with Crippen LogP contribution in [0.1, 0.15) is 43.5 Å². The number of nitrogens with zero attached hydrogens (tertiary/aromatic N) is 2. The van der Waals surface area contributed by atoms with Gasteiger partial charge in [-0.25, -0.2) is 0 Å². The van der Waals surface area contributed by atoms with E-state index in [0.717, 1.165) is 18.9 Å². The first kappa shape index (κ1) is 16.8. The molecule has 22 heavy (non-hydrogen) atoms. The molecule has 1 aliphatic carbocycles. The van der Waals surface area contributed by atoms with Gasteiger partial charge in [-0.15, -0.1) is 0 Å². The standard InChI is InChI=1S/C14H20F3N3O2/c1-2-22-7-3-6-18-13(21)9-20-11(10-4-5-10)8-12(19-20)14(15,16)17/h8,10H,2-7,9H2,1H3,(H,18,21). The highest BCUT2D eigenvalue weighted by atomic mass is 19.4. The van der Waals surface area contributed by atoms with Crippen LogP contribution >= 0.6 is 0 Å². The normalized spacial score (nSPS) is 15.1. The van der Waals surface area contributed by atoms with Gasteiger partial charge in [-0.05, 0) is 32.3 Å². The van der Waals surface area contributed by atoms with E-state index < -0.39 is 11.9 Å². The van der Waals surface area contributed by atoms with Gasteiger partial charge >= 0.3 is 6.18 Å². The summed E-state index contributed by atoms with van der Waals surface area (Å²) >= 11 is 0. The van der Waals surface area contributed by atoms with Crippen LogP contribution in [0, 0.1) is 0 Å². The largest absolute Gasteiger partial charge is 0.435 e. The minimum atomic E-state index is -4.48. The molecule has 1 N–H and O–H groups in total. The SMILES string of the molecule is CCOCCCNC(=O)Cn1nc(C(F)(F)F)cc1C1CC1. The van der Waals surface area contributed by atoms with Gasteiger partial charge < -0.3 is 10.1 Å². The molecule has 1 heterocycles. The van der Waals surface area contributed by atoms with Gasteiger partial charge in [-0.1, -0.05) is 0 Å². The Labute approximate surface area is 126 Å². The molecule has 0 aromatic carbocycles. The number of rotatable bonds is 8. The zero-order chi connectivity index (χ0) is 16.2. The van der Waals surface area contributed by atoms with Gasteiger partial charge in [0.05, 0.1) is 0 Å². The van der Waals surface area contributed by atoms with Crippen LogP contribution in [-0.4, -0.2) is 35.4 Å². The molecule has 1 amide bonds. The molecule has 1 aromatic heterocycles. The van der Waals surface area contributed by atoms with Crippen LogP contribution in [0.3, 0.4) is 0 Å². The van der Waals surface area contributed by atoms with Crippen LogP contribution in [0.25, 0.3) is 0 Å². The maximum atomic E-state index is 12.7. The molecule has 124 valence electrons. The van der Waals surface area contributed by atoms with Crippen molar-refractivity contribution in [2.75, 3.05) is 19.8 Å². The number of carbonyl (C=O) groups excluding carboxylic acids is 1. The Morgan fingerprint density at radius 1 is 1.50 bits per heavy atom. The van der Waals surface area contributed by atoms with Crippen molar-refractivity contribution in [3.05, 3.63) is 17.5 Å². The molecule has 0 bridgehead atoms. The van der Waals surface area contributed by atoms with E-state index >= 15 is 0 Å². The topological polar surface area (TPSA) is 56.1 Å². The minimum Gasteiger partial charge on any atom is -0.382 e. The molecule has 0 radical (unpaired) electrons. The lowest BCUT2D eigenvalue weighted by atomic mass is 10.2. The Morgan fingerprint density at radius 2 is 2.23 bits per heavy atom. The molecule has 0 atom stereocenters. The van der Waals surface area contributed by atoms with Gasteiger partial charge in [-0.2, -0.15) is 18.3 Å². The maximum absolute atomic E-state index is 12.7. The van der Waals surface area contributed by atoms with E-state index in [1.165, 1.54) is 4.68 Å². The fourth-order valence-corrected chi connectivity index (χ4v) is 2.14. The summed E-state index contributed by atoms with van der Waals surface area (Å²) in [4.78, 5) is 11.8. The van der Waals surface area contributed by atoms with Crippen molar-refractivity contribution in [1.82, 2.24) is 15.1 Å². The Balaban J connectivity index is 1.91. The number of hydrogen-bond acceptors (Lipinski definition) is 3. The van der Waals surface area contributed by atoms with Gasteiger partial charge in [0.25, 0.3) is 0 Å². The first-order valence-corrected chi connectivity index (χ1v) is 7.41. The van der Waals surface area contributed by atoms with Crippen LogP contribution < -0.4 is 5.32 Å². The lowest BCUT2D eigenvalue weighted by molar-refractivity contribution is -0.141. The van der Waals surface area contributed by atoms with E-state index in [0.29, 0.717) is 31.9 Å². The molecule has 0 saturated heterocycles. The number of carbonyl (C=O) groups is 1. The average Bonchev–Trinajstić information content (AvgIpc) is 3.19. The zero-order valence-electron chi connectivity index (χ0n) is 12.4. The molecule has 2 rings (SSSR count). The van der Waals surface area contributed by atoms with Crippen LogP contribution in [0.2, 0.25) is 0 Å². The lowest BCUT2D eigenvalue weighted by Crippen LogP contribution is -2.30. The Hall–Kier alpha value is -1.57. The Bertz CT molecular complexity index is 510. The van der Waals surface area contributed by atoms with E-state index in [9.17, 15) is 18.0 Å². The number of alkyl halides is 3. The summed E-state index contributed by atoms with van der Waals surface area (Å²) in [7, 11) is 0. The number of ether oxygens (including phenoxy) is 1. The van der Waals surface area contributed by atoms with Gasteiger partial charge in [0.1, 0.15) is 6.54 Å². The van der Waals surface area contributed by atoms with Crippen molar-refractivity contribution in [2.24, 2.45) is 0 Å². The second kappa shape index (κ2) is 7.13. The zero-order valence-corrected chi connectivity index (χ0v) is 12.4. The third-order valence-corrected chi connectivity index (χ3v) is 3.38. The maximum Gasteiger partial charge on any atom is 0.435 e. The average molecular weight is 319 g/mol. The fraction of sp³-hybridized carbons (Fsp3) is 0.714. The predicted molar refractivity (Wildman–Crippen MR) is 73.3 cm³/mol. The van der Waals surface area contributed by atoms with Crippen molar-refractivity contribution in [2.45, 2.75) is 44.8 Å². The van der Waals surface area contributed by atoms with Gasteiger partial charge in [0.15, 0.2) is 5.69 Å². The van der Waals surface area contributed by atoms with Crippen LogP contribution in [0.15, 0.2) is 6.07 Å². The number of aromatic nitrogens is 2. The molecule has 1 saturated carbocycles. The van der Waals surface area contributed by atoms with Crippen LogP contribution in [0.4, 0.5) is 13.2 Å². The third kappa shape index (κ3) is 4.72. The highest BCUT2D eigenvalue weighted by Crippen LogP contribution is 2.42. The summed E-state index contributed by atoms with van der Waals surface area (Å²) in [5.74, 6) is -0.246. The highest BCUT2D eigenvalue weighted by molar-refractivity contribution is 5.75. The molecule has 1 aliphatic rings. The summed E-state index contributed by atoms with van der Waals surface area (Å²) in [6.07, 6.45) is -2.12. The van der Waals surface area contributed by atoms with Crippen molar-refractivity contribution in [3.8, 4) is 0 Å². The number of amides is 1. The molecule has 8 heteroatoms. The lowest BCUT2D eigenvalue weighted by Gasteiger charge is -2.08. The number of nitrogens with one attached hydrogen (secondary N) is 1. The van der Waals surface area contributed by atoms with E-state index in [1.807, 2.05) is 6.92 Å². The number of halogens is 3. The predicted octanol–water partition coefficient (Wildman–Crippen LogP) is 2.32. The van der Waals surface area contributed by atoms with E-state index in [-0.39, 0.29) is 18.4 Å². The fourth-order valence-electron chi connectivity index (χ4n) is 2.14. The summed E-state index contributed by atoms with van der Waals surface area (Å²) in [5.41, 5.74) is -0.435. The minimum absolute atomic E-state index is 0.0920. The van der Waals surface area contributed by atoms with Crippen molar-refractivity contribution >= 4 is 5.91 Å². The van der Waals surface area contributed by atoms with Crippen molar-refractivity contribution in [1.29, 1.82) is 0 Å². The molecule has 0 aliphatic heterocycles. The molecular formula is C14H20F3N3O2. The third-order valence-electron chi connectivity index (χ3n) is 3.38. The Morgan fingerprint density at radius 3 is 2.82 bits per heavy atom. The quantitative estimate of drug-likeness (QED) is 0.748. The molecule has 0 spiro atoms. The second-order valence-electron chi connectivity index (χ2n) is 5.28. The van der Waals surface area contributed by atoms with Gasteiger partial charge in [0, 0.05) is 31.4 Å². The first-order chi connectivity index (χ1) is 10.4. The van der Waals surface area contributed by atoms with Crippen LogP contribution in [-0.2, 0) is 22.3 Å². The van der Waals surface area contributed by atoms with Crippen LogP contribution in [0.5, 0.6) is 0 Å². The van der Waals surface area contributed by atoms with E-state index in [1.54, 1.807) is 0 Å². The molecule has 1 fully saturated rings. The molecule has 5 nitrogen and oxygen atoms in total. The molecule has 0 unspecified atom stereocenters. The second-order valence-corrected chi connectivity index (χ2v) is 5.28. The first-order valence-electron chi connectivity index (χ1n) is 7.41. The summed E-state index contributed by atoms with van der Waals surface area (Å²) in [6.45, 7) is 3.30. The summed E-state index contributed by atoms with van der Waals surface area (Å²) < 4.78 is 44.5. The van der Waals surface area contributed by atoms with Crippen molar-refractivity contribution < 1.29 is 22.7 Å². The number of hydrogen-bond donors (Lipinski definition) is 1. The van der Waals surface area contributed by atoms with Gasteiger partial charge in [0.2, 0.25) is 5.91 Å². The van der Waals surface area contributed by atoms with Crippen molar-refractivity contribution in [3.63, 3.8) is 0 Å². The molecule has 1 aromatic rings. The summed E-state index contributed by atoms with van der Waals surface area (Å²) in [6, 6.07) is 1.06. The monoisotopic (exact) mass is 319 g/mol. The van der Waals surface area contributed by atoms with E-state index in [2.05, 4.69) is 10.4 Å². The smallest absolute Gasteiger partial charge is 0.382 e. The highest BCUT2D eigenvalue weighted by Gasteiger charge is 2.38. The molecular weight excluding hydrogens is 299 g/mol.